The first-order valence-electron chi connectivity index (χ1n) is 7.72. The fourth-order valence-electron chi connectivity index (χ4n) is 3.05. The lowest BCUT2D eigenvalue weighted by Gasteiger charge is -2.20. The summed E-state index contributed by atoms with van der Waals surface area (Å²) in [7, 11) is -1.29. The van der Waals surface area contributed by atoms with E-state index < -0.39 is 10.8 Å². The van der Waals surface area contributed by atoms with Crippen LogP contribution in [0.3, 0.4) is 0 Å². The molecule has 0 bridgehead atoms. The van der Waals surface area contributed by atoms with Gasteiger partial charge in [0.2, 0.25) is 0 Å². The molecule has 24 heavy (non-hydrogen) atoms. The number of rotatable bonds is 3. The van der Waals surface area contributed by atoms with Crippen LogP contribution in [-0.2, 0) is 23.8 Å². The van der Waals surface area contributed by atoms with Crippen molar-refractivity contribution in [1.29, 1.82) is 0 Å². The van der Waals surface area contributed by atoms with E-state index in [0.29, 0.717) is 28.5 Å². The molecule has 0 saturated carbocycles. The van der Waals surface area contributed by atoms with E-state index in [4.69, 9.17) is 16.0 Å². The minimum Gasteiger partial charge on any atom is -0.459 e. The van der Waals surface area contributed by atoms with Crippen molar-refractivity contribution in [2.24, 2.45) is 0 Å². The van der Waals surface area contributed by atoms with Gasteiger partial charge in [0, 0.05) is 39.7 Å². The second kappa shape index (κ2) is 6.33. The SMILES string of the molecule is O=S(c1ccccc1)c1cc(Cl)c2oc3c(c2c1)CNC(CO)C3. The first-order valence-corrected chi connectivity index (χ1v) is 9.25. The van der Waals surface area contributed by atoms with Crippen LogP contribution in [0.5, 0.6) is 0 Å². The molecule has 2 atom stereocenters. The molecule has 2 unspecified atom stereocenters. The average molecular weight is 362 g/mol. The Morgan fingerprint density at radius 3 is 2.79 bits per heavy atom. The quantitative estimate of drug-likeness (QED) is 0.751. The van der Waals surface area contributed by atoms with Crippen molar-refractivity contribution in [3.8, 4) is 0 Å². The molecule has 6 heteroatoms. The standard InChI is InChI=1S/C18H16ClNO3S/c19-16-8-13(24(22)12-4-2-1-3-5-12)7-14-15-9-20-11(10-21)6-17(15)23-18(14)16/h1-5,7-8,11,20-21H,6,9-10H2. The Kier molecular flexibility index (Phi) is 4.18. The molecule has 4 rings (SSSR count). The van der Waals surface area contributed by atoms with E-state index >= 15 is 0 Å². The third-order valence-electron chi connectivity index (χ3n) is 4.30. The Morgan fingerprint density at radius 1 is 1.25 bits per heavy atom. The zero-order valence-corrected chi connectivity index (χ0v) is 14.4. The van der Waals surface area contributed by atoms with Crippen molar-refractivity contribution in [1.82, 2.24) is 5.32 Å². The van der Waals surface area contributed by atoms with Gasteiger partial charge in [-0.1, -0.05) is 29.8 Å². The summed E-state index contributed by atoms with van der Waals surface area (Å²) in [4.78, 5) is 1.40. The number of furan rings is 1. The Labute approximate surface area is 146 Å². The van der Waals surface area contributed by atoms with Gasteiger partial charge in [0.1, 0.15) is 5.76 Å². The molecule has 124 valence electrons. The average Bonchev–Trinajstić information content (AvgIpc) is 3.00. The van der Waals surface area contributed by atoms with Crippen LogP contribution in [0.15, 0.2) is 56.7 Å². The molecule has 0 aliphatic carbocycles. The summed E-state index contributed by atoms with van der Waals surface area (Å²) >= 11 is 6.39. The highest BCUT2D eigenvalue weighted by molar-refractivity contribution is 7.85. The normalized spacial score (nSPS) is 18.5. The molecule has 0 radical (unpaired) electrons. The van der Waals surface area contributed by atoms with Crippen molar-refractivity contribution in [3.63, 3.8) is 0 Å². The molecule has 2 heterocycles. The highest BCUT2D eigenvalue weighted by Crippen LogP contribution is 2.36. The lowest BCUT2D eigenvalue weighted by molar-refractivity contribution is 0.229. The fourth-order valence-corrected chi connectivity index (χ4v) is 4.50. The van der Waals surface area contributed by atoms with Gasteiger partial charge < -0.3 is 14.8 Å². The summed E-state index contributed by atoms with van der Waals surface area (Å²) in [6.07, 6.45) is 0.619. The van der Waals surface area contributed by atoms with Crippen molar-refractivity contribution < 1.29 is 13.7 Å². The maximum atomic E-state index is 12.8. The van der Waals surface area contributed by atoms with Crippen LogP contribution in [0, 0.1) is 0 Å². The lowest BCUT2D eigenvalue weighted by Crippen LogP contribution is -2.37. The van der Waals surface area contributed by atoms with Gasteiger partial charge in [-0.05, 0) is 24.3 Å². The Balaban J connectivity index is 1.81. The Hall–Kier alpha value is -1.66. The van der Waals surface area contributed by atoms with Gasteiger partial charge in [-0.15, -0.1) is 0 Å². The van der Waals surface area contributed by atoms with Crippen molar-refractivity contribution in [2.45, 2.75) is 28.8 Å². The molecule has 1 aliphatic heterocycles. The number of fused-ring (bicyclic) bond motifs is 3. The summed E-state index contributed by atoms with van der Waals surface area (Å²) in [5, 5.41) is 13.9. The molecule has 1 aliphatic rings. The molecule has 0 saturated heterocycles. The topological polar surface area (TPSA) is 62.5 Å². The molecular weight excluding hydrogens is 346 g/mol. The number of aliphatic hydroxyl groups excluding tert-OH is 1. The zero-order chi connectivity index (χ0) is 16.7. The van der Waals surface area contributed by atoms with Gasteiger partial charge in [0.25, 0.3) is 0 Å². The number of hydrogen-bond donors (Lipinski definition) is 2. The van der Waals surface area contributed by atoms with Crippen LogP contribution < -0.4 is 5.32 Å². The van der Waals surface area contributed by atoms with Gasteiger partial charge >= 0.3 is 0 Å². The van der Waals surface area contributed by atoms with Crippen LogP contribution in [0.25, 0.3) is 11.0 Å². The van der Waals surface area contributed by atoms with Crippen LogP contribution in [0.1, 0.15) is 11.3 Å². The van der Waals surface area contributed by atoms with Gasteiger partial charge in [-0.25, -0.2) is 4.21 Å². The molecule has 0 spiro atoms. The van der Waals surface area contributed by atoms with Crippen LogP contribution in [-0.4, -0.2) is 22.0 Å². The fraction of sp³-hybridized carbons (Fsp3) is 0.222. The minimum absolute atomic E-state index is 0.00485. The third-order valence-corrected chi connectivity index (χ3v) is 5.94. The first-order chi connectivity index (χ1) is 11.7. The van der Waals surface area contributed by atoms with E-state index in [1.54, 1.807) is 6.07 Å². The van der Waals surface area contributed by atoms with Gasteiger partial charge in [-0.3, -0.25) is 0 Å². The Bertz CT molecular complexity index is 923. The highest BCUT2D eigenvalue weighted by atomic mass is 35.5. The molecule has 2 N–H and O–H groups in total. The summed E-state index contributed by atoms with van der Waals surface area (Å²) in [6.45, 7) is 0.665. The van der Waals surface area contributed by atoms with E-state index in [2.05, 4.69) is 5.32 Å². The monoisotopic (exact) mass is 361 g/mol. The van der Waals surface area contributed by atoms with E-state index in [0.717, 1.165) is 21.6 Å². The van der Waals surface area contributed by atoms with Crippen molar-refractivity contribution >= 4 is 33.4 Å². The smallest absolute Gasteiger partial charge is 0.153 e. The maximum absolute atomic E-state index is 12.8. The second-order valence-electron chi connectivity index (χ2n) is 5.83. The third kappa shape index (κ3) is 2.67. The van der Waals surface area contributed by atoms with E-state index in [1.165, 1.54) is 0 Å². The maximum Gasteiger partial charge on any atom is 0.153 e. The molecule has 2 aromatic carbocycles. The summed E-state index contributed by atoms with van der Waals surface area (Å²) in [6, 6.07) is 12.9. The first kappa shape index (κ1) is 15.8. The number of aliphatic hydroxyl groups is 1. The van der Waals surface area contributed by atoms with Crippen molar-refractivity contribution in [2.75, 3.05) is 6.61 Å². The molecule has 0 fully saturated rings. The molecule has 0 amide bonds. The molecule has 4 nitrogen and oxygen atoms in total. The van der Waals surface area contributed by atoms with E-state index in [9.17, 15) is 9.32 Å². The highest BCUT2D eigenvalue weighted by Gasteiger charge is 2.25. The Morgan fingerprint density at radius 2 is 2.04 bits per heavy atom. The number of halogens is 1. The number of nitrogens with one attached hydrogen (secondary N) is 1. The number of hydrogen-bond acceptors (Lipinski definition) is 4. The van der Waals surface area contributed by atoms with Crippen LogP contribution in [0.4, 0.5) is 0 Å². The van der Waals surface area contributed by atoms with E-state index in [1.807, 2.05) is 36.4 Å². The molecular formula is C18H16ClNO3S. The van der Waals surface area contributed by atoms with Crippen molar-refractivity contribution in [3.05, 3.63) is 58.8 Å². The van der Waals surface area contributed by atoms with Gasteiger partial charge in [-0.2, -0.15) is 0 Å². The molecule has 1 aromatic heterocycles. The zero-order valence-electron chi connectivity index (χ0n) is 12.8. The van der Waals surface area contributed by atoms with Gasteiger partial charge in [0.05, 0.1) is 22.4 Å². The summed E-state index contributed by atoms with van der Waals surface area (Å²) < 4.78 is 18.7. The minimum atomic E-state index is -1.29. The van der Waals surface area contributed by atoms with Gasteiger partial charge in [0.15, 0.2) is 5.58 Å². The summed E-state index contributed by atoms with van der Waals surface area (Å²) in [5.74, 6) is 0.840. The predicted octanol–water partition coefficient (Wildman–Crippen LogP) is 3.26. The lowest BCUT2D eigenvalue weighted by atomic mass is 10.0. The van der Waals surface area contributed by atoms with E-state index in [-0.39, 0.29) is 12.6 Å². The summed E-state index contributed by atoms with van der Waals surface area (Å²) in [5.41, 5.74) is 1.65. The van der Waals surface area contributed by atoms with Crippen LogP contribution >= 0.6 is 11.6 Å². The number of benzene rings is 2. The second-order valence-corrected chi connectivity index (χ2v) is 7.72. The van der Waals surface area contributed by atoms with Crippen LogP contribution in [0.2, 0.25) is 5.02 Å². The molecule has 3 aromatic rings. The predicted molar refractivity (Wildman–Crippen MR) is 93.8 cm³/mol. The largest absolute Gasteiger partial charge is 0.459 e.